The first-order valence-electron chi connectivity index (χ1n) is 9.70. The lowest BCUT2D eigenvalue weighted by atomic mass is 9.73. The van der Waals surface area contributed by atoms with E-state index in [2.05, 4.69) is 71.2 Å². The molecule has 0 radical (unpaired) electrons. The topological polar surface area (TPSA) is 3.24 Å². The van der Waals surface area contributed by atoms with Crippen molar-refractivity contribution in [3.63, 3.8) is 0 Å². The van der Waals surface area contributed by atoms with Crippen LogP contribution in [0, 0.1) is 41.9 Å². The van der Waals surface area contributed by atoms with E-state index in [4.69, 9.17) is 6.42 Å². The van der Waals surface area contributed by atoms with Gasteiger partial charge in [0.25, 0.3) is 0 Å². The van der Waals surface area contributed by atoms with Gasteiger partial charge in [0.15, 0.2) is 0 Å². The molecule has 0 saturated carbocycles. The molecular weight excluding hydrogens is 290 g/mol. The molecule has 0 rings (SSSR count). The zero-order valence-electron chi connectivity index (χ0n) is 17.3. The number of rotatable bonds is 12. The van der Waals surface area contributed by atoms with Crippen LogP contribution in [-0.2, 0) is 0 Å². The molecule has 0 aliphatic carbocycles. The quantitative estimate of drug-likeness (QED) is 0.296. The molecule has 3 unspecified atom stereocenters. The summed E-state index contributed by atoms with van der Waals surface area (Å²) in [6.07, 6.45) is 14.6. The van der Waals surface area contributed by atoms with Gasteiger partial charge in [0, 0.05) is 7.05 Å². The molecule has 0 amide bonds. The summed E-state index contributed by atoms with van der Waals surface area (Å²) in [5.74, 6) is 6.30. The van der Waals surface area contributed by atoms with Gasteiger partial charge in [-0.15, -0.1) is 6.42 Å². The minimum Gasteiger partial charge on any atom is -0.370 e. The third kappa shape index (κ3) is 8.62. The molecule has 24 heavy (non-hydrogen) atoms. The fourth-order valence-corrected chi connectivity index (χ4v) is 3.74. The van der Waals surface area contributed by atoms with Gasteiger partial charge in [-0.25, -0.2) is 0 Å². The molecule has 0 aliphatic heterocycles. The van der Waals surface area contributed by atoms with Crippen molar-refractivity contribution in [3.05, 3.63) is 24.4 Å². The van der Waals surface area contributed by atoms with Gasteiger partial charge in [0.05, 0.1) is 6.54 Å². The van der Waals surface area contributed by atoms with E-state index < -0.39 is 0 Å². The lowest BCUT2D eigenvalue weighted by molar-refractivity contribution is 0.209. The molecule has 0 aromatic carbocycles. The standard InChI is InChI=1S/C23H41N/c1-10-15-24(9)16-13-12-14-22(18(3)4)17-20(7)21(8)23(11-2)19(5)6/h1,13,16,18,20-23H,5,11-12,14-15,17H2,2-4,6-9H3/b16-13-/t20?,21?,22?,23-/m0/s1. The molecule has 1 nitrogen and oxygen atoms in total. The predicted octanol–water partition coefficient (Wildman–Crippen LogP) is 6.38. The van der Waals surface area contributed by atoms with Gasteiger partial charge in [0.2, 0.25) is 0 Å². The van der Waals surface area contributed by atoms with Crippen LogP contribution in [0.15, 0.2) is 24.4 Å². The van der Waals surface area contributed by atoms with Crippen LogP contribution in [-0.4, -0.2) is 18.5 Å². The zero-order chi connectivity index (χ0) is 18.7. The van der Waals surface area contributed by atoms with Gasteiger partial charge in [-0.05, 0) is 68.4 Å². The van der Waals surface area contributed by atoms with Gasteiger partial charge in [-0.3, -0.25) is 0 Å². The molecule has 0 spiro atoms. The van der Waals surface area contributed by atoms with Crippen molar-refractivity contribution in [2.75, 3.05) is 13.6 Å². The minimum atomic E-state index is 0.658. The summed E-state index contributed by atoms with van der Waals surface area (Å²) in [4.78, 5) is 2.06. The number of allylic oxidation sites excluding steroid dienone is 2. The van der Waals surface area contributed by atoms with E-state index in [9.17, 15) is 0 Å². The molecule has 0 bridgehead atoms. The molecule has 1 heteroatoms. The van der Waals surface area contributed by atoms with Crippen LogP contribution >= 0.6 is 0 Å². The van der Waals surface area contributed by atoms with Gasteiger partial charge in [-0.1, -0.05) is 58.8 Å². The Balaban J connectivity index is 4.57. The Morgan fingerprint density at radius 1 is 1.25 bits per heavy atom. The van der Waals surface area contributed by atoms with Crippen molar-refractivity contribution in [2.45, 2.75) is 67.2 Å². The summed E-state index contributed by atoms with van der Waals surface area (Å²) in [7, 11) is 2.03. The van der Waals surface area contributed by atoms with Crippen LogP contribution in [0.3, 0.4) is 0 Å². The maximum Gasteiger partial charge on any atom is 0.0782 e. The largest absolute Gasteiger partial charge is 0.370 e. The van der Waals surface area contributed by atoms with Crippen LogP contribution < -0.4 is 0 Å². The van der Waals surface area contributed by atoms with Gasteiger partial charge < -0.3 is 4.90 Å². The second-order valence-electron chi connectivity index (χ2n) is 8.02. The SMILES string of the molecule is C#CCN(C)/C=C\CCC(CC(C)C(C)[C@@H](CC)C(=C)C)C(C)C. The van der Waals surface area contributed by atoms with Crippen LogP contribution in [0.5, 0.6) is 0 Å². The Bertz CT molecular complexity index is 412. The maximum atomic E-state index is 5.33. The molecule has 138 valence electrons. The van der Waals surface area contributed by atoms with E-state index in [-0.39, 0.29) is 0 Å². The third-order valence-corrected chi connectivity index (χ3v) is 5.63. The molecule has 0 heterocycles. The highest BCUT2D eigenvalue weighted by atomic mass is 15.1. The third-order valence-electron chi connectivity index (χ3n) is 5.63. The van der Waals surface area contributed by atoms with E-state index in [0.29, 0.717) is 18.4 Å². The van der Waals surface area contributed by atoms with E-state index in [0.717, 1.165) is 24.2 Å². The van der Waals surface area contributed by atoms with Crippen molar-refractivity contribution >= 4 is 0 Å². The zero-order valence-corrected chi connectivity index (χ0v) is 17.3. The minimum absolute atomic E-state index is 0.658. The van der Waals surface area contributed by atoms with E-state index in [1.54, 1.807) is 0 Å². The number of hydrogen-bond donors (Lipinski definition) is 0. The molecule has 4 atom stereocenters. The number of nitrogens with zero attached hydrogens (tertiary/aromatic N) is 1. The van der Waals surface area contributed by atoms with Gasteiger partial charge >= 0.3 is 0 Å². The average molecular weight is 332 g/mol. The van der Waals surface area contributed by atoms with Crippen LogP contribution in [0.25, 0.3) is 0 Å². The summed E-state index contributed by atoms with van der Waals surface area (Å²) in [6.45, 7) is 19.0. The fourth-order valence-electron chi connectivity index (χ4n) is 3.74. The highest BCUT2D eigenvalue weighted by molar-refractivity contribution is 4.98. The summed E-state index contributed by atoms with van der Waals surface area (Å²) < 4.78 is 0. The first kappa shape index (κ1) is 22.8. The van der Waals surface area contributed by atoms with Crippen molar-refractivity contribution < 1.29 is 0 Å². The molecule has 0 aromatic heterocycles. The van der Waals surface area contributed by atoms with Crippen molar-refractivity contribution in [2.24, 2.45) is 29.6 Å². The fraction of sp³-hybridized carbons (Fsp3) is 0.739. The Hall–Kier alpha value is -1.16. The summed E-state index contributed by atoms with van der Waals surface area (Å²) in [6, 6.07) is 0. The Morgan fingerprint density at radius 3 is 2.33 bits per heavy atom. The predicted molar refractivity (Wildman–Crippen MR) is 110 cm³/mol. The normalized spacial score (nSPS) is 16.6. The Morgan fingerprint density at radius 2 is 1.88 bits per heavy atom. The molecule has 0 saturated heterocycles. The summed E-state index contributed by atoms with van der Waals surface area (Å²) >= 11 is 0. The van der Waals surface area contributed by atoms with Crippen LogP contribution in [0.4, 0.5) is 0 Å². The van der Waals surface area contributed by atoms with E-state index in [1.165, 1.54) is 24.8 Å². The van der Waals surface area contributed by atoms with E-state index in [1.807, 2.05) is 7.05 Å². The first-order valence-corrected chi connectivity index (χ1v) is 9.70. The molecule has 0 aromatic rings. The van der Waals surface area contributed by atoms with Crippen molar-refractivity contribution in [1.29, 1.82) is 0 Å². The molecule has 0 N–H and O–H groups in total. The highest BCUT2D eigenvalue weighted by Crippen LogP contribution is 2.35. The smallest absolute Gasteiger partial charge is 0.0782 e. The maximum absolute atomic E-state index is 5.33. The van der Waals surface area contributed by atoms with Gasteiger partial charge in [-0.2, -0.15) is 0 Å². The second kappa shape index (κ2) is 12.2. The van der Waals surface area contributed by atoms with Crippen LogP contribution in [0.1, 0.15) is 67.2 Å². The molecular formula is C23H41N. The summed E-state index contributed by atoms with van der Waals surface area (Å²) in [5, 5.41) is 0. The Labute approximate surface area is 152 Å². The monoisotopic (exact) mass is 331 g/mol. The first-order chi connectivity index (χ1) is 11.2. The summed E-state index contributed by atoms with van der Waals surface area (Å²) in [5.41, 5.74) is 1.34. The lowest BCUT2D eigenvalue weighted by Crippen LogP contribution is -2.23. The van der Waals surface area contributed by atoms with Gasteiger partial charge in [0.1, 0.15) is 0 Å². The Kier molecular flexibility index (Phi) is 11.6. The lowest BCUT2D eigenvalue weighted by Gasteiger charge is -2.32. The second-order valence-corrected chi connectivity index (χ2v) is 8.02. The number of hydrogen-bond acceptors (Lipinski definition) is 1. The van der Waals surface area contributed by atoms with Crippen LogP contribution in [0.2, 0.25) is 0 Å². The van der Waals surface area contributed by atoms with Crippen molar-refractivity contribution in [3.8, 4) is 12.3 Å². The van der Waals surface area contributed by atoms with E-state index >= 15 is 0 Å². The van der Waals surface area contributed by atoms with Crippen molar-refractivity contribution in [1.82, 2.24) is 4.90 Å². The highest BCUT2D eigenvalue weighted by Gasteiger charge is 2.25. The average Bonchev–Trinajstić information content (AvgIpc) is 2.50. The molecule has 0 aliphatic rings. The number of terminal acetylenes is 1. The molecule has 0 fully saturated rings.